The molecular weight excluding hydrogens is 256 g/mol. The highest BCUT2D eigenvalue weighted by molar-refractivity contribution is 6.29. The van der Waals surface area contributed by atoms with Crippen molar-refractivity contribution >= 4 is 11.6 Å². The Morgan fingerprint density at radius 1 is 1.67 bits per heavy atom. The highest BCUT2D eigenvalue weighted by atomic mass is 35.5. The van der Waals surface area contributed by atoms with Crippen molar-refractivity contribution in [2.75, 3.05) is 13.6 Å². The summed E-state index contributed by atoms with van der Waals surface area (Å²) in [6.07, 6.45) is 2.98. The van der Waals surface area contributed by atoms with Crippen molar-refractivity contribution in [3.05, 3.63) is 51.2 Å². The third-order valence-corrected chi connectivity index (χ3v) is 2.55. The van der Waals surface area contributed by atoms with Crippen molar-refractivity contribution in [3.63, 3.8) is 0 Å². The number of nitrogens with one attached hydrogen (secondary N) is 1. The lowest BCUT2D eigenvalue weighted by Crippen LogP contribution is -2.28. The van der Waals surface area contributed by atoms with Crippen molar-refractivity contribution < 1.29 is 4.92 Å². The Kier molecular flexibility index (Phi) is 5.38. The van der Waals surface area contributed by atoms with E-state index in [1.807, 2.05) is 6.92 Å². The molecule has 0 radical (unpaired) electrons. The second kappa shape index (κ2) is 6.80. The molecular formula is C11H15ClN4O2. The molecule has 7 heteroatoms. The van der Waals surface area contributed by atoms with Crippen LogP contribution in [-0.4, -0.2) is 28.4 Å². The summed E-state index contributed by atoms with van der Waals surface area (Å²) in [5, 5.41) is 14.0. The molecule has 1 heterocycles. The normalized spacial score (nSPS) is 11.2. The fourth-order valence-electron chi connectivity index (χ4n) is 1.46. The van der Waals surface area contributed by atoms with Crippen LogP contribution in [0.25, 0.3) is 0 Å². The summed E-state index contributed by atoms with van der Waals surface area (Å²) in [5.74, 6) is 0.0231. The van der Waals surface area contributed by atoms with Gasteiger partial charge in [0.1, 0.15) is 11.7 Å². The van der Waals surface area contributed by atoms with Crippen LogP contribution in [0.3, 0.4) is 0 Å². The maximum absolute atomic E-state index is 11.0. The molecule has 0 saturated carbocycles. The van der Waals surface area contributed by atoms with Crippen LogP contribution < -0.4 is 5.32 Å². The zero-order valence-electron chi connectivity index (χ0n) is 10.3. The largest absolute Gasteiger partial charge is 0.387 e. The highest BCUT2D eigenvalue weighted by Crippen LogP contribution is 2.12. The monoisotopic (exact) mass is 270 g/mol. The van der Waals surface area contributed by atoms with E-state index < -0.39 is 4.92 Å². The molecule has 0 fully saturated rings. The quantitative estimate of drug-likeness (QED) is 0.485. The average molecular weight is 271 g/mol. The van der Waals surface area contributed by atoms with Crippen LogP contribution in [0.5, 0.6) is 0 Å². The van der Waals surface area contributed by atoms with E-state index >= 15 is 0 Å². The molecule has 98 valence electrons. The first-order valence-corrected chi connectivity index (χ1v) is 5.83. The number of hydrogen-bond acceptors (Lipinski definition) is 5. The average Bonchev–Trinajstić information content (AvgIpc) is 2.35. The standard InChI is InChI=1S/C11H15ClN4O2/c1-3-15(11(7-13-2)16(17)18)8-9-4-5-10(12)14-6-9/h4-7,13H,3,8H2,1-2H3. The zero-order valence-corrected chi connectivity index (χ0v) is 11.0. The third-order valence-electron chi connectivity index (χ3n) is 2.33. The maximum Gasteiger partial charge on any atom is 0.334 e. The first-order valence-electron chi connectivity index (χ1n) is 5.45. The Bertz CT molecular complexity index is 433. The van der Waals surface area contributed by atoms with E-state index in [9.17, 15) is 10.1 Å². The fourth-order valence-corrected chi connectivity index (χ4v) is 1.58. The molecule has 6 nitrogen and oxygen atoms in total. The zero-order chi connectivity index (χ0) is 13.5. The molecule has 0 aromatic carbocycles. The van der Waals surface area contributed by atoms with E-state index in [0.29, 0.717) is 18.2 Å². The first kappa shape index (κ1) is 14.2. The molecule has 0 atom stereocenters. The van der Waals surface area contributed by atoms with Crippen molar-refractivity contribution in [1.29, 1.82) is 0 Å². The smallest absolute Gasteiger partial charge is 0.334 e. The lowest BCUT2D eigenvalue weighted by atomic mass is 10.2. The van der Waals surface area contributed by atoms with Crippen molar-refractivity contribution in [3.8, 4) is 0 Å². The molecule has 0 bridgehead atoms. The van der Waals surface area contributed by atoms with Crippen LogP contribution in [0.1, 0.15) is 12.5 Å². The summed E-state index contributed by atoms with van der Waals surface area (Å²) >= 11 is 5.69. The van der Waals surface area contributed by atoms with Gasteiger partial charge >= 0.3 is 5.82 Å². The van der Waals surface area contributed by atoms with Gasteiger partial charge in [0.15, 0.2) is 0 Å². The summed E-state index contributed by atoms with van der Waals surface area (Å²) in [7, 11) is 1.63. The van der Waals surface area contributed by atoms with Gasteiger partial charge in [-0.1, -0.05) is 17.7 Å². The minimum atomic E-state index is -0.413. The van der Waals surface area contributed by atoms with Crippen LogP contribution in [0.2, 0.25) is 5.15 Å². The molecule has 0 aliphatic heterocycles. The van der Waals surface area contributed by atoms with Gasteiger partial charge in [0, 0.05) is 18.8 Å². The Morgan fingerprint density at radius 2 is 2.39 bits per heavy atom. The third kappa shape index (κ3) is 3.89. The Labute approximate surface area is 110 Å². The molecule has 0 spiro atoms. The number of pyridine rings is 1. The second-order valence-electron chi connectivity index (χ2n) is 3.55. The van der Waals surface area contributed by atoms with Gasteiger partial charge in [-0.05, 0) is 17.9 Å². The highest BCUT2D eigenvalue weighted by Gasteiger charge is 2.19. The van der Waals surface area contributed by atoms with Crippen LogP contribution in [0.15, 0.2) is 30.4 Å². The Morgan fingerprint density at radius 3 is 2.83 bits per heavy atom. The summed E-state index contributed by atoms with van der Waals surface area (Å²) in [6, 6.07) is 3.47. The molecule has 18 heavy (non-hydrogen) atoms. The maximum atomic E-state index is 11.0. The summed E-state index contributed by atoms with van der Waals surface area (Å²) in [6.45, 7) is 2.79. The molecule has 1 rings (SSSR count). The number of rotatable bonds is 6. The molecule has 0 unspecified atom stereocenters. The van der Waals surface area contributed by atoms with Crippen molar-refractivity contribution in [2.45, 2.75) is 13.5 Å². The summed E-state index contributed by atoms with van der Waals surface area (Å²) in [4.78, 5) is 16.1. The molecule has 1 N–H and O–H groups in total. The number of nitro groups is 1. The van der Waals surface area contributed by atoms with Gasteiger partial charge in [0.05, 0.1) is 12.7 Å². The van der Waals surface area contributed by atoms with E-state index in [1.165, 1.54) is 6.20 Å². The SMILES string of the molecule is CCN(Cc1ccc(Cl)nc1)C(=CNC)[N+](=O)[O-]. The number of hydrogen-bond donors (Lipinski definition) is 1. The van der Waals surface area contributed by atoms with Crippen LogP contribution in [0.4, 0.5) is 0 Å². The molecule has 0 aliphatic carbocycles. The topological polar surface area (TPSA) is 71.3 Å². The predicted molar refractivity (Wildman–Crippen MR) is 69.5 cm³/mol. The van der Waals surface area contributed by atoms with Crippen LogP contribution in [-0.2, 0) is 6.54 Å². The van der Waals surface area contributed by atoms with E-state index in [1.54, 1.807) is 30.3 Å². The van der Waals surface area contributed by atoms with E-state index in [4.69, 9.17) is 11.6 Å². The Balaban J connectivity index is 2.86. The van der Waals surface area contributed by atoms with Gasteiger partial charge in [-0.3, -0.25) is 4.90 Å². The minimum absolute atomic E-state index is 0.0231. The Hall–Kier alpha value is -1.82. The van der Waals surface area contributed by atoms with E-state index in [2.05, 4.69) is 10.3 Å². The number of halogens is 1. The molecule has 0 amide bonds. The summed E-state index contributed by atoms with van der Waals surface area (Å²) in [5.41, 5.74) is 0.866. The van der Waals surface area contributed by atoms with Crippen LogP contribution >= 0.6 is 11.6 Å². The lowest BCUT2D eigenvalue weighted by molar-refractivity contribution is -0.447. The fraction of sp³-hybridized carbons (Fsp3) is 0.364. The van der Waals surface area contributed by atoms with Gasteiger partial charge in [-0.25, -0.2) is 4.98 Å². The van der Waals surface area contributed by atoms with Crippen molar-refractivity contribution in [2.24, 2.45) is 0 Å². The second-order valence-corrected chi connectivity index (χ2v) is 3.94. The molecule has 1 aromatic rings. The lowest BCUT2D eigenvalue weighted by Gasteiger charge is -2.17. The van der Waals surface area contributed by atoms with Gasteiger partial charge < -0.3 is 15.4 Å². The van der Waals surface area contributed by atoms with E-state index in [0.717, 1.165) is 5.56 Å². The van der Waals surface area contributed by atoms with Gasteiger partial charge in [-0.15, -0.1) is 0 Å². The first-order chi connectivity index (χ1) is 8.58. The summed E-state index contributed by atoms with van der Waals surface area (Å²) < 4.78 is 0. The van der Waals surface area contributed by atoms with Gasteiger partial charge in [0.2, 0.25) is 0 Å². The van der Waals surface area contributed by atoms with Crippen molar-refractivity contribution in [1.82, 2.24) is 15.2 Å². The van der Waals surface area contributed by atoms with Crippen LogP contribution in [0, 0.1) is 10.1 Å². The molecule has 1 aromatic heterocycles. The molecule has 0 aliphatic rings. The number of nitrogens with zero attached hydrogens (tertiary/aromatic N) is 3. The molecule has 0 saturated heterocycles. The van der Waals surface area contributed by atoms with E-state index in [-0.39, 0.29) is 5.82 Å². The van der Waals surface area contributed by atoms with Gasteiger partial charge in [0.25, 0.3) is 0 Å². The minimum Gasteiger partial charge on any atom is -0.387 e. The predicted octanol–water partition coefficient (Wildman–Crippen LogP) is 1.85. The van der Waals surface area contributed by atoms with Gasteiger partial charge in [-0.2, -0.15) is 0 Å². The number of aromatic nitrogens is 1.